The second-order valence-corrected chi connectivity index (χ2v) is 24.8. The number of allylic oxidation sites excluding steroid dienone is 4. The number of hydrogen-bond acceptors (Lipinski definition) is 4. The Bertz CT molecular complexity index is 2080. The molecule has 4 aromatic rings. The van der Waals surface area contributed by atoms with Gasteiger partial charge in [-0.25, -0.2) is 0 Å². The van der Waals surface area contributed by atoms with E-state index in [9.17, 15) is 0 Å². The lowest BCUT2D eigenvalue weighted by Crippen LogP contribution is -1.92. The van der Waals surface area contributed by atoms with Crippen molar-refractivity contribution in [3.63, 3.8) is 0 Å². The Hall–Kier alpha value is -1.98. The summed E-state index contributed by atoms with van der Waals surface area (Å²) in [7, 11) is 0. The zero-order valence-electron chi connectivity index (χ0n) is 42.4. The molecule has 4 heteroatoms. The van der Waals surface area contributed by atoms with Crippen LogP contribution in [0.15, 0.2) is 10.8 Å². The second kappa shape index (κ2) is 26.3. The van der Waals surface area contributed by atoms with Crippen molar-refractivity contribution in [2.24, 2.45) is 0 Å². The highest BCUT2D eigenvalue weighted by atomic mass is 32.1. The standard InChI is InChI=1S/C62H88S4/c1-5-9-13-17-21-25-29-45-43-63-59-47(45)33-35-53(59)55-39-37-51-49(31-27-23-19-15-11-7-3)57(65-61(51)55)41-42-58-50(32-28-24-20-16-12-8-4)52-38-40-56(62(52)66-58)54-36-34-48-46(44-64-60(48)54)30-26-22-18-14-10-6-2/h41-44H,5-40H2,1-4H3/b42-41+,55-53+,56-54+. The van der Waals surface area contributed by atoms with Crippen LogP contribution in [0.1, 0.15) is 281 Å². The third-order valence-electron chi connectivity index (χ3n) is 16.1. The van der Waals surface area contributed by atoms with Gasteiger partial charge < -0.3 is 0 Å². The Morgan fingerprint density at radius 1 is 0.333 bits per heavy atom. The molecule has 0 amide bonds. The highest BCUT2D eigenvalue weighted by Crippen LogP contribution is 2.53. The van der Waals surface area contributed by atoms with Crippen LogP contribution in [-0.4, -0.2) is 0 Å². The van der Waals surface area contributed by atoms with Crippen molar-refractivity contribution in [2.75, 3.05) is 0 Å². The first-order chi connectivity index (χ1) is 32.6. The molecule has 4 aliphatic carbocycles. The molecular weight excluding hydrogens is 873 g/mol. The van der Waals surface area contributed by atoms with Gasteiger partial charge in [-0.2, -0.15) is 0 Å². The number of rotatable bonds is 30. The number of unbranched alkanes of at least 4 members (excludes halogenated alkanes) is 20. The summed E-state index contributed by atoms with van der Waals surface area (Å²) in [6, 6.07) is 0. The molecule has 4 aliphatic rings. The Morgan fingerprint density at radius 2 is 0.636 bits per heavy atom. The fourth-order valence-corrected chi connectivity index (χ4v) is 17.6. The monoisotopic (exact) mass is 961 g/mol. The first-order valence-corrected chi connectivity index (χ1v) is 31.6. The first-order valence-electron chi connectivity index (χ1n) is 28.3. The summed E-state index contributed by atoms with van der Waals surface area (Å²) < 4.78 is 0. The molecule has 4 aromatic heterocycles. The molecule has 0 fully saturated rings. The second-order valence-electron chi connectivity index (χ2n) is 21.0. The average Bonchev–Trinajstić information content (AvgIpc) is 4.20. The van der Waals surface area contributed by atoms with Gasteiger partial charge >= 0.3 is 0 Å². The van der Waals surface area contributed by atoms with E-state index in [1.54, 1.807) is 96.1 Å². The summed E-state index contributed by atoms with van der Waals surface area (Å²) in [4.78, 5) is 9.89. The minimum absolute atomic E-state index is 1.26. The van der Waals surface area contributed by atoms with E-state index in [4.69, 9.17) is 0 Å². The Kier molecular flexibility index (Phi) is 20.1. The van der Waals surface area contributed by atoms with Crippen LogP contribution in [0.5, 0.6) is 0 Å². The van der Waals surface area contributed by atoms with Crippen molar-refractivity contribution < 1.29 is 0 Å². The highest BCUT2D eigenvalue weighted by molar-refractivity contribution is 7.16. The van der Waals surface area contributed by atoms with Crippen molar-refractivity contribution in [3.8, 4) is 0 Å². The Labute approximate surface area is 420 Å². The van der Waals surface area contributed by atoms with E-state index in [0.717, 1.165) is 0 Å². The van der Waals surface area contributed by atoms with Crippen LogP contribution in [-0.2, 0) is 51.4 Å². The van der Waals surface area contributed by atoms with Crippen molar-refractivity contribution in [1.82, 2.24) is 0 Å². The Morgan fingerprint density at radius 3 is 1.00 bits per heavy atom. The van der Waals surface area contributed by atoms with Crippen LogP contribution < -0.4 is 0 Å². The molecule has 0 radical (unpaired) electrons. The molecule has 0 saturated heterocycles. The third kappa shape index (κ3) is 12.3. The zero-order chi connectivity index (χ0) is 45.5. The molecule has 0 nitrogen and oxygen atoms in total. The molecule has 360 valence electrons. The predicted octanol–water partition coefficient (Wildman–Crippen LogP) is 21.3. The summed E-state index contributed by atoms with van der Waals surface area (Å²) in [5.74, 6) is 0. The smallest absolute Gasteiger partial charge is 0.0347 e. The number of aryl methyl sites for hydroxylation is 2. The molecular formula is C62H88S4. The summed E-state index contributed by atoms with van der Waals surface area (Å²) in [5, 5.41) is 5.11. The van der Waals surface area contributed by atoms with Gasteiger partial charge in [0.2, 0.25) is 0 Å². The van der Waals surface area contributed by atoms with Gasteiger partial charge in [-0.05, 0) is 192 Å². The maximum atomic E-state index is 2.64. The van der Waals surface area contributed by atoms with Crippen molar-refractivity contribution in [2.45, 2.75) is 259 Å². The molecule has 0 atom stereocenters. The van der Waals surface area contributed by atoms with E-state index >= 15 is 0 Å². The van der Waals surface area contributed by atoms with Crippen LogP contribution >= 0.6 is 45.3 Å². The third-order valence-corrected chi connectivity index (χ3v) is 21.0. The van der Waals surface area contributed by atoms with Crippen LogP contribution in [0.2, 0.25) is 0 Å². The van der Waals surface area contributed by atoms with Gasteiger partial charge in [0.25, 0.3) is 0 Å². The van der Waals surface area contributed by atoms with Gasteiger partial charge in [0.1, 0.15) is 0 Å². The van der Waals surface area contributed by atoms with E-state index in [0.29, 0.717) is 0 Å². The van der Waals surface area contributed by atoms with E-state index < -0.39 is 0 Å². The predicted molar refractivity (Wildman–Crippen MR) is 301 cm³/mol. The van der Waals surface area contributed by atoms with Gasteiger partial charge in [0.15, 0.2) is 0 Å². The quantitative estimate of drug-likeness (QED) is 0.0457. The van der Waals surface area contributed by atoms with Gasteiger partial charge in [0.05, 0.1) is 0 Å². The first kappa shape index (κ1) is 50.4. The van der Waals surface area contributed by atoms with E-state index in [1.165, 1.54) is 231 Å². The molecule has 8 rings (SSSR count). The lowest BCUT2D eigenvalue weighted by Gasteiger charge is -2.07. The molecule has 0 aliphatic heterocycles. The largest absolute Gasteiger partial charge is 0.144 e. The van der Waals surface area contributed by atoms with Gasteiger partial charge in [-0.15, -0.1) is 45.3 Å². The van der Waals surface area contributed by atoms with Crippen LogP contribution in [0, 0.1) is 0 Å². The minimum atomic E-state index is 1.26. The maximum Gasteiger partial charge on any atom is 0.0347 e. The number of hydrogen-bond donors (Lipinski definition) is 0. The molecule has 0 bridgehead atoms. The van der Waals surface area contributed by atoms with Crippen LogP contribution in [0.3, 0.4) is 0 Å². The minimum Gasteiger partial charge on any atom is -0.144 e. The lowest BCUT2D eigenvalue weighted by molar-refractivity contribution is 0.607. The van der Waals surface area contributed by atoms with Gasteiger partial charge in [-0.3, -0.25) is 0 Å². The molecule has 4 heterocycles. The van der Waals surface area contributed by atoms with Crippen molar-refractivity contribution >= 4 is 79.8 Å². The number of fused-ring (bicyclic) bond motifs is 4. The fourth-order valence-electron chi connectivity index (χ4n) is 12.3. The maximum absolute atomic E-state index is 2.64. The molecule has 0 N–H and O–H groups in total. The molecule has 0 spiro atoms. The zero-order valence-corrected chi connectivity index (χ0v) is 45.7. The Balaban J connectivity index is 1.06. The van der Waals surface area contributed by atoms with Crippen molar-refractivity contribution in [3.05, 3.63) is 84.5 Å². The normalized spacial score (nSPS) is 17.6. The van der Waals surface area contributed by atoms with Crippen LogP contribution in [0.4, 0.5) is 0 Å². The summed E-state index contributed by atoms with van der Waals surface area (Å²) in [6.07, 6.45) is 53.7. The number of thiophene rings is 4. The summed E-state index contributed by atoms with van der Waals surface area (Å²) in [6.45, 7) is 9.35. The average molecular weight is 962 g/mol. The SMILES string of the molecule is CCCCCCCCc1csc2c1CC/C2=C1/CCc2c1sc(/C=C/c1sc3c(c1CCCCCCCC)CC/C3=C1/CCc3c(CCCCCCCC)csc31)c2CCCCCCCC. The summed E-state index contributed by atoms with van der Waals surface area (Å²) >= 11 is 8.55. The summed E-state index contributed by atoms with van der Waals surface area (Å²) in [5.41, 5.74) is 20.7. The molecule has 0 unspecified atom stereocenters. The molecule has 0 aromatic carbocycles. The van der Waals surface area contributed by atoms with Gasteiger partial charge in [0, 0.05) is 29.3 Å². The van der Waals surface area contributed by atoms with E-state index in [-0.39, 0.29) is 0 Å². The van der Waals surface area contributed by atoms with Gasteiger partial charge in [-0.1, -0.05) is 156 Å². The van der Waals surface area contributed by atoms with E-state index in [1.807, 2.05) is 0 Å². The topological polar surface area (TPSA) is 0 Å². The molecule has 0 saturated carbocycles. The highest BCUT2D eigenvalue weighted by Gasteiger charge is 2.33. The van der Waals surface area contributed by atoms with E-state index in [2.05, 4.69) is 96.0 Å². The van der Waals surface area contributed by atoms with Crippen molar-refractivity contribution in [1.29, 1.82) is 0 Å². The fraction of sp³-hybridized carbons (Fsp3) is 0.645. The van der Waals surface area contributed by atoms with Crippen LogP contribution in [0.25, 0.3) is 34.4 Å². The molecule has 66 heavy (non-hydrogen) atoms. The lowest BCUT2D eigenvalue weighted by atomic mass is 9.99.